The molecule has 1 fully saturated rings. The van der Waals surface area contributed by atoms with E-state index in [2.05, 4.69) is 34.8 Å². The van der Waals surface area contributed by atoms with Crippen LogP contribution in [0.15, 0.2) is 24.4 Å². The van der Waals surface area contributed by atoms with Gasteiger partial charge in [-0.3, -0.25) is 4.90 Å². The summed E-state index contributed by atoms with van der Waals surface area (Å²) in [5.41, 5.74) is 2.36. The van der Waals surface area contributed by atoms with Crippen molar-refractivity contribution >= 4 is 10.9 Å². The maximum absolute atomic E-state index is 13.6. The number of nitrogens with zero attached hydrogens (tertiary/aromatic N) is 2. The Morgan fingerprint density at radius 1 is 1.25 bits per heavy atom. The van der Waals surface area contributed by atoms with Gasteiger partial charge in [0.15, 0.2) is 0 Å². The zero-order valence-corrected chi connectivity index (χ0v) is 12.2. The van der Waals surface area contributed by atoms with Crippen molar-refractivity contribution in [2.75, 3.05) is 26.2 Å². The maximum atomic E-state index is 13.6. The lowest BCUT2D eigenvalue weighted by molar-refractivity contribution is 0.234. The molecule has 0 spiro atoms. The molecule has 1 N–H and O–H groups in total. The molecule has 3 nitrogen and oxygen atoms in total. The van der Waals surface area contributed by atoms with E-state index in [1.165, 1.54) is 5.56 Å². The second-order valence-corrected chi connectivity index (χ2v) is 5.84. The standard InChI is InChI=1S/C16H22FN3/c1-12(2)20-11-13(10-19-7-5-18-6-8-19)15-9-14(17)3-4-16(15)20/h3-4,9,11-12,18H,5-8,10H2,1-2H3. The number of hydrogen-bond acceptors (Lipinski definition) is 2. The van der Waals surface area contributed by atoms with Crippen LogP contribution >= 0.6 is 0 Å². The normalized spacial score (nSPS) is 17.2. The van der Waals surface area contributed by atoms with E-state index < -0.39 is 0 Å². The van der Waals surface area contributed by atoms with E-state index in [-0.39, 0.29) is 5.82 Å². The molecular formula is C16H22FN3. The highest BCUT2D eigenvalue weighted by Gasteiger charge is 2.15. The summed E-state index contributed by atoms with van der Waals surface area (Å²) >= 11 is 0. The second kappa shape index (κ2) is 5.54. The largest absolute Gasteiger partial charge is 0.345 e. The van der Waals surface area contributed by atoms with Gasteiger partial charge in [0.2, 0.25) is 0 Å². The van der Waals surface area contributed by atoms with Crippen LogP contribution in [0.5, 0.6) is 0 Å². The summed E-state index contributed by atoms with van der Waals surface area (Å²) in [6, 6.07) is 5.51. The number of benzene rings is 1. The molecule has 0 aliphatic carbocycles. The Balaban J connectivity index is 1.98. The Hall–Kier alpha value is -1.39. The SMILES string of the molecule is CC(C)n1cc(CN2CCNCC2)c2cc(F)ccc21. The molecule has 2 heterocycles. The van der Waals surface area contributed by atoms with Crippen LogP contribution in [0.2, 0.25) is 0 Å². The third-order valence-electron chi connectivity index (χ3n) is 4.04. The van der Waals surface area contributed by atoms with E-state index >= 15 is 0 Å². The number of piperazine rings is 1. The number of aromatic nitrogens is 1. The van der Waals surface area contributed by atoms with Crippen molar-refractivity contribution < 1.29 is 4.39 Å². The lowest BCUT2D eigenvalue weighted by Crippen LogP contribution is -2.42. The monoisotopic (exact) mass is 275 g/mol. The molecule has 1 saturated heterocycles. The molecule has 1 aliphatic rings. The summed E-state index contributed by atoms with van der Waals surface area (Å²) in [5.74, 6) is -0.152. The first-order valence-corrected chi connectivity index (χ1v) is 7.37. The fraction of sp³-hybridized carbons (Fsp3) is 0.500. The molecule has 2 aromatic rings. The lowest BCUT2D eigenvalue weighted by Gasteiger charge is -2.26. The minimum absolute atomic E-state index is 0.152. The predicted octanol–water partition coefficient (Wildman–Crippen LogP) is 2.77. The van der Waals surface area contributed by atoms with Crippen LogP contribution in [-0.4, -0.2) is 35.6 Å². The average molecular weight is 275 g/mol. The van der Waals surface area contributed by atoms with Crippen molar-refractivity contribution in [1.29, 1.82) is 0 Å². The van der Waals surface area contributed by atoms with Gasteiger partial charge in [-0.2, -0.15) is 0 Å². The van der Waals surface area contributed by atoms with Crippen molar-refractivity contribution in [3.63, 3.8) is 0 Å². The molecule has 0 radical (unpaired) electrons. The van der Waals surface area contributed by atoms with Gasteiger partial charge in [-0.1, -0.05) is 0 Å². The Kier molecular flexibility index (Phi) is 3.76. The first kappa shape index (κ1) is 13.6. The van der Waals surface area contributed by atoms with Crippen molar-refractivity contribution in [1.82, 2.24) is 14.8 Å². The van der Waals surface area contributed by atoms with Crippen LogP contribution in [0.3, 0.4) is 0 Å². The van der Waals surface area contributed by atoms with Gasteiger partial charge < -0.3 is 9.88 Å². The van der Waals surface area contributed by atoms with Crippen LogP contribution in [0.1, 0.15) is 25.5 Å². The highest BCUT2D eigenvalue weighted by atomic mass is 19.1. The summed E-state index contributed by atoms with van der Waals surface area (Å²) in [6.45, 7) is 9.43. The quantitative estimate of drug-likeness (QED) is 0.929. The molecule has 1 aromatic heterocycles. The molecule has 0 unspecified atom stereocenters. The number of hydrogen-bond donors (Lipinski definition) is 1. The third kappa shape index (κ3) is 2.58. The highest BCUT2D eigenvalue weighted by Crippen LogP contribution is 2.26. The number of nitrogens with one attached hydrogen (secondary N) is 1. The van der Waals surface area contributed by atoms with Gasteiger partial charge in [0.05, 0.1) is 0 Å². The van der Waals surface area contributed by atoms with Gasteiger partial charge in [-0.15, -0.1) is 0 Å². The fourth-order valence-corrected chi connectivity index (χ4v) is 2.96. The van der Waals surface area contributed by atoms with Crippen LogP contribution in [0, 0.1) is 5.82 Å². The lowest BCUT2D eigenvalue weighted by atomic mass is 10.1. The zero-order chi connectivity index (χ0) is 14.1. The average Bonchev–Trinajstić information content (AvgIpc) is 2.78. The number of rotatable bonds is 3. The molecule has 3 rings (SSSR count). The van der Waals surface area contributed by atoms with Gasteiger partial charge in [-0.05, 0) is 37.6 Å². The van der Waals surface area contributed by atoms with Crippen LogP contribution < -0.4 is 5.32 Å². The number of halogens is 1. The fourth-order valence-electron chi connectivity index (χ4n) is 2.96. The summed E-state index contributed by atoms with van der Waals surface area (Å²) in [6.07, 6.45) is 2.19. The Bertz CT molecular complexity index is 597. The van der Waals surface area contributed by atoms with Crippen molar-refractivity contribution in [2.45, 2.75) is 26.4 Å². The van der Waals surface area contributed by atoms with E-state index in [1.54, 1.807) is 12.1 Å². The zero-order valence-electron chi connectivity index (χ0n) is 12.2. The first-order valence-electron chi connectivity index (χ1n) is 7.37. The second-order valence-electron chi connectivity index (χ2n) is 5.84. The molecule has 0 atom stereocenters. The summed E-state index contributed by atoms with van der Waals surface area (Å²) in [5, 5.41) is 4.42. The van der Waals surface area contributed by atoms with Crippen LogP contribution in [0.4, 0.5) is 4.39 Å². The molecule has 108 valence electrons. The van der Waals surface area contributed by atoms with Crippen molar-refractivity contribution in [3.8, 4) is 0 Å². The molecule has 20 heavy (non-hydrogen) atoms. The van der Waals surface area contributed by atoms with Crippen LogP contribution in [0.25, 0.3) is 10.9 Å². The summed E-state index contributed by atoms with van der Waals surface area (Å²) in [4.78, 5) is 2.43. The van der Waals surface area contributed by atoms with Gasteiger partial charge in [0.1, 0.15) is 5.82 Å². The minimum atomic E-state index is -0.152. The Labute approximate surface area is 119 Å². The first-order chi connectivity index (χ1) is 9.65. The highest BCUT2D eigenvalue weighted by molar-refractivity contribution is 5.84. The molecule has 1 aliphatic heterocycles. The minimum Gasteiger partial charge on any atom is -0.345 e. The number of fused-ring (bicyclic) bond motifs is 1. The van der Waals surface area contributed by atoms with Crippen molar-refractivity contribution in [2.24, 2.45) is 0 Å². The van der Waals surface area contributed by atoms with Gasteiger partial charge >= 0.3 is 0 Å². The van der Waals surface area contributed by atoms with E-state index in [0.717, 1.165) is 43.6 Å². The summed E-state index contributed by atoms with van der Waals surface area (Å²) < 4.78 is 15.8. The Morgan fingerprint density at radius 2 is 2.00 bits per heavy atom. The van der Waals surface area contributed by atoms with E-state index in [1.807, 2.05) is 6.07 Å². The van der Waals surface area contributed by atoms with E-state index in [4.69, 9.17) is 0 Å². The summed E-state index contributed by atoms with van der Waals surface area (Å²) in [7, 11) is 0. The molecule has 0 bridgehead atoms. The van der Waals surface area contributed by atoms with E-state index in [9.17, 15) is 4.39 Å². The van der Waals surface area contributed by atoms with Crippen LogP contribution in [-0.2, 0) is 6.54 Å². The van der Waals surface area contributed by atoms with Crippen molar-refractivity contribution in [3.05, 3.63) is 35.8 Å². The third-order valence-corrected chi connectivity index (χ3v) is 4.04. The smallest absolute Gasteiger partial charge is 0.123 e. The molecule has 0 amide bonds. The van der Waals surface area contributed by atoms with Gasteiger partial charge in [0.25, 0.3) is 0 Å². The van der Waals surface area contributed by atoms with E-state index in [0.29, 0.717) is 6.04 Å². The van der Waals surface area contributed by atoms with Gasteiger partial charge in [0, 0.05) is 55.9 Å². The Morgan fingerprint density at radius 3 is 2.70 bits per heavy atom. The maximum Gasteiger partial charge on any atom is 0.123 e. The molecule has 1 aromatic carbocycles. The van der Waals surface area contributed by atoms with Gasteiger partial charge in [-0.25, -0.2) is 4.39 Å². The topological polar surface area (TPSA) is 20.2 Å². The molecule has 4 heteroatoms. The molecular weight excluding hydrogens is 253 g/mol. The molecule has 0 saturated carbocycles. The predicted molar refractivity (Wildman–Crippen MR) is 80.4 cm³/mol.